The fourth-order valence-electron chi connectivity index (χ4n) is 1.76. The van der Waals surface area contributed by atoms with Crippen molar-refractivity contribution in [3.8, 4) is 17.2 Å². The summed E-state index contributed by atoms with van der Waals surface area (Å²) in [6, 6.07) is 12.4. The molecule has 2 aromatic carbocycles. The van der Waals surface area contributed by atoms with E-state index in [0.29, 0.717) is 17.9 Å². The Hall–Kier alpha value is -2.49. The average Bonchev–Trinajstić information content (AvgIpc) is 2.49. The topological polar surface area (TPSA) is 55.8 Å². The Morgan fingerprint density at radius 1 is 1.25 bits per heavy atom. The Labute approximate surface area is 117 Å². The molecule has 4 nitrogen and oxygen atoms in total. The van der Waals surface area contributed by atoms with E-state index in [1.807, 2.05) is 18.2 Å². The molecule has 0 saturated carbocycles. The Morgan fingerprint density at radius 2 is 2.05 bits per heavy atom. The van der Waals surface area contributed by atoms with Gasteiger partial charge in [-0.05, 0) is 31.2 Å². The summed E-state index contributed by atoms with van der Waals surface area (Å²) in [5.41, 5.74) is 1.55. The second-order valence-corrected chi connectivity index (χ2v) is 4.37. The highest BCUT2D eigenvalue weighted by Crippen LogP contribution is 2.29. The zero-order chi connectivity index (χ0) is 14.5. The number of rotatable bonds is 2. The number of ketones is 1. The molecule has 1 N–H and O–H groups in total. The van der Waals surface area contributed by atoms with E-state index in [9.17, 15) is 4.79 Å². The normalized spacial score (nSPS) is 11.1. The van der Waals surface area contributed by atoms with Gasteiger partial charge < -0.3 is 14.6 Å². The lowest BCUT2D eigenvalue weighted by atomic mass is 10.1. The van der Waals surface area contributed by atoms with E-state index in [2.05, 4.69) is 0 Å². The van der Waals surface area contributed by atoms with E-state index in [1.54, 1.807) is 31.4 Å². The van der Waals surface area contributed by atoms with Gasteiger partial charge in [-0.15, -0.1) is 0 Å². The number of Topliss-reactive ketones (excluding diaryl/α,β-unsaturated/α-hetero) is 1. The fraction of sp³-hybridized carbons (Fsp3) is 0.188. The van der Waals surface area contributed by atoms with Gasteiger partial charge in [0.1, 0.15) is 23.9 Å². The average molecular weight is 272 g/mol. The van der Waals surface area contributed by atoms with Crippen molar-refractivity contribution in [3.63, 3.8) is 0 Å². The molecule has 0 radical (unpaired) electrons. The van der Waals surface area contributed by atoms with Crippen LogP contribution in [0.2, 0.25) is 0 Å². The molecule has 2 aliphatic rings. The third kappa shape index (κ3) is 3.29. The summed E-state index contributed by atoms with van der Waals surface area (Å²) >= 11 is 0. The minimum absolute atomic E-state index is 0.0592. The molecule has 0 aliphatic carbocycles. The highest BCUT2D eigenvalue weighted by Gasteiger charge is 2.09. The van der Waals surface area contributed by atoms with Crippen LogP contribution >= 0.6 is 0 Å². The maximum absolute atomic E-state index is 10.9. The van der Waals surface area contributed by atoms with E-state index >= 15 is 0 Å². The number of phenolic OH excluding ortho intramolecular Hbond substituents is 1. The third-order valence-electron chi connectivity index (χ3n) is 2.93. The van der Waals surface area contributed by atoms with Crippen molar-refractivity contribution < 1.29 is 19.4 Å². The fourth-order valence-corrected chi connectivity index (χ4v) is 1.76. The number of methoxy groups -OCH3 is 1. The first-order valence-electron chi connectivity index (χ1n) is 6.20. The van der Waals surface area contributed by atoms with E-state index in [-0.39, 0.29) is 5.78 Å². The first-order chi connectivity index (χ1) is 9.60. The Bertz CT molecular complexity index is 620. The largest absolute Gasteiger partial charge is 0.507 e. The molecule has 0 amide bonds. The van der Waals surface area contributed by atoms with Crippen LogP contribution in [-0.2, 0) is 6.61 Å². The van der Waals surface area contributed by atoms with Crippen LogP contribution in [0.15, 0.2) is 42.5 Å². The van der Waals surface area contributed by atoms with Crippen LogP contribution in [0, 0.1) is 0 Å². The predicted octanol–water partition coefficient (Wildman–Crippen LogP) is 3.18. The lowest BCUT2D eigenvalue weighted by Crippen LogP contribution is -2.01. The van der Waals surface area contributed by atoms with E-state index in [4.69, 9.17) is 14.6 Å². The molecule has 104 valence electrons. The maximum atomic E-state index is 10.9. The summed E-state index contributed by atoms with van der Waals surface area (Å²) < 4.78 is 10.1. The van der Waals surface area contributed by atoms with Crippen LogP contribution in [0.5, 0.6) is 17.2 Å². The van der Waals surface area contributed by atoms with Gasteiger partial charge in [0.15, 0.2) is 5.78 Å². The van der Waals surface area contributed by atoms with Crippen molar-refractivity contribution in [1.82, 2.24) is 0 Å². The van der Waals surface area contributed by atoms with Crippen molar-refractivity contribution in [2.24, 2.45) is 0 Å². The van der Waals surface area contributed by atoms with Crippen LogP contribution in [0.1, 0.15) is 22.8 Å². The highest BCUT2D eigenvalue weighted by molar-refractivity contribution is 5.94. The van der Waals surface area contributed by atoms with Crippen molar-refractivity contribution in [1.29, 1.82) is 0 Å². The standard InChI is InChI=1S/C9H10O2.C7H6O2/c1-7(10)8-4-3-5-9(6-8)11-2;8-7-3-6-2-1-5(7)4-9-6/h3-6H,1-2H3;1-3,8H,4H2. The summed E-state index contributed by atoms with van der Waals surface area (Å²) in [5, 5.41) is 9.07. The minimum Gasteiger partial charge on any atom is -0.507 e. The molecule has 0 atom stereocenters. The second kappa shape index (κ2) is 6.10. The molecule has 2 aromatic rings. The first-order valence-corrected chi connectivity index (χ1v) is 6.20. The zero-order valence-corrected chi connectivity index (χ0v) is 11.4. The van der Waals surface area contributed by atoms with Crippen molar-refractivity contribution >= 4 is 5.78 Å². The Balaban J connectivity index is 0.000000149. The van der Waals surface area contributed by atoms with E-state index < -0.39 is 0 Å². The SMILES string of the molecule is COc1cccc(C(C)=O)c1.Oc1cc2ccc1CO2. The van der Waals surface area contributed by atoms with Gasteiger partial charge in [0, 0.05) is 17.2 Å². The van der Waals surface area contributed by atoms with Crippen LogP contribution in [0.25, 0.3) is 0 Å². The smallest absolute Gasteiger partial charge is 0.159 e. The van der Waals surface area contributed by atoms with E-state index in [0.717, 1.165) is 17.1 Å². The monoisotopic (exact) mass is 272 g/mol. The third-order valence-corrected chi connectivity index (χ3v) is 2.93. The molecule has 0 saturated heterocycles. The number of fused-ring (bicyclic) bond motifs is 3. The molecule has 0 spiro atoms. The molecule has 0 fully saturated rings. The Kier molecular flexibility index (Phi) is 4.25. The first kappa shape index (κ1) is 13.9. The van der Waals surface area contributed by atoms with Crippen molar-refractivity contribution in [2.75, 3.05) is 7.11 Å². The lowest BCUT2D eigenvalue weighted by Gasteiger charge is -2.14. The molecular weight excluding hydrogens is 256 g/mol. The molecule has 0 unspecified atom stereocenters. The summed E-state index contributed by atoms with van der Waals surface area (Å²) in [4.78, 5) is 10.9. The van der Waals surface area contributed by atoms with E-state index in [1.165, 1.54) is 6.92 Å². The Morgan fingerprint density at radius 3 is 2.45 bits per heavy atom. The molecule has 0 aromatic heterocycles. The van der Waals surface area contributed by atoms with Gasteiger partial charge in [0.25, 0.3) is 0 Å². The van der Waals surface area contributed by atoms with Gasteiger partial charge in [-0.2, -0.15) is 0 Å². The van der Waals surface area contributed by atoms with Crippen molar-refractivity contribution in [3.05, 3.63) is 53.6 Å². The highest BCUT2D eigenvalue weighted by atomic mass is 16.5. The number of hydrogen-bond acceptors (Lipinski definition) is 4. The van der Waals surface area contributed by atoms with Gasteiger partial charge in [0.2, 0.25) is 0 Å². The number of benzene rings is 2. The molecular formula is C16H16O4. The lowest BCUT2D eigenvalue weighted by molar-refractivity contribution is 0.101. The molecule has 2 heterocycles. The van der Waals surface area contributed by atoms with Gasteiger partial charge in [-0.3, -0.25) is 4.79 Å². The predicted molar refractivity (Wildman–Crippen MR) is 75.4 cm³/mol. The second-order valence-electron chi connectivity index (χ2n) is 4.37. The van der Waals surface area contributed by atoms with Crippen LogP contribution in [0.3, 0.4) is 0 Å². The molecule has 2 aliphatic heterocycles. The summed E-state index contributed by atoms with van der Waals surface area (Å²) in [6.07, 6.45) is 0. The van der Waals surface area contributed by atoms with Gasteiger partial charge >= 0.3 is 0 Å². The van der Waals surface area contributed by atoms with Crippen LogP contribution in [0.4, 0.5) is 0 Å². The number of aromatic hydroxyl groups is 1. The summed E-state index contributed by atoms with van der Waals surface area (Å²) in [6.45, 7) is 2.06. The zero-order valence-electron chi connectivity index (χ0n) is 11.4. The molecule has 2 bridgehead atoms. The summed E-state index contributed by atoms with van der Waals surface area (Å²) in [5.74, 6) is 1.88. The van der Waals surface area contributed by atoms with Crippen molar-refractivity contribution in [2.45, 2.75) is 13.5 Å². The number of phenols is 1. The van der Waals surface area contributed by atoms with Gasteiger partial charge in [0.05, 0.1) is 7.11 Å². The quantitative estimate of drug-likeness (QED) is 0.853. The van der Waals surface area contributed by atoms with Crippen LogP contribution in [-0.4, -0.2) is 18.0 Å². The number of carbonyl (C=O) groups is 1. The molecule has 4 heteroatoms. The number of hydrogen-bond donors (Lipinski definition) is 1. The maximum Gasteiger partial charge on any atom is 0.159 e. The number of carbonyl (C=O) groups excluding carboxylic acids is 1. The molecule has 20 heavy (non-hydrogen) atoms. The summed E-state index contributed by atoms with van der Waals surface area (Å²) in [7, 11) is 1.58. The minimum atomic E-state index is 0.0592. The molecule has 4 rings (SSSR count). The van der Waals surface area contributed by atoms with Crippen LogP contribution < -0.4 is 9.47 Å². The number of ether oxygens (including phenoxy) is 2. The van der Waals surface area contributed by atoms with Gasteiger partial charge in [-0.1, -0.05) is 12.1 Å². The van der Waals surface area contributed by atoms with Gasteiger partial charge in [-0.25, -0.2) is 0 Å².